The van der Waals surface area contributed by atoms with Gasteiger partial charge in [-0.15, -0.1) is 0 Å². The summed E-state index contributed by atoms with van der Waals surface area (Å²) in [4.78, 5) is 23.7. The quantitative estimate of drug-likeness (QED) is 0.714. The summed E-state index contributed by atoms with van der Waals surface area (Å²) >= 11 is 0. The summed E-state index contributed by atoms with van der Waals surface area (Å²) in [5, 5.41) is 5.39. The Morgan fingerprint density at radius 2 is 1.81 bits per heavy atom. The molecule has 2 rings (SSSR count). The Kier molecular flexibility index (Phi) is 7.43. The zero-order valence-corrected chi connectivity index (χ0v) is 15.1. The van der Waals surface area contributed by atoms with E-state index in [0.717, 1.165) is 17.7 Å². The maximum Gasteiger partial charge on any atom is 0.244 e. The Bertz CT molecular complexity index is 757. The number of benzene rings is 2. The molecular formula is C21H24N2O3. The van der Waals surface area contributed by atoms with Crippen LogP contribution in [0.15, 0.2) is 60.7 Å². The zero-order valence-electron chi connectivity index (χ0n) is 15.1. The molecular weight excluding hydrogens is 328 g/mol. The van der Waals surface area contributed by atoms with E-state index >= 15 is 0 Å². The number of carbonyl (C=O) groups excluding carboxylic acids is 2. The van der Waals surface area contributed by atoms with Crippen molar-refractivity contribution in [3.63, 3.8) is 0 Å². The maximum absolute atomic E-state index is 12.0. The van der Waals surface area contributed by atoms with Crippen molar-refractivity contribution in [3.05, 3.63) is 66.2 Å². The maximum atomic E-state index is 12.0. The smallest absolute Gasteiger partial charge is 0.244 e. The summed E-state index contributed by atoms with van der Waals surface area (Å²) in [7, 11) is 0. The monoisotopic (exact) mass is 352 g/mol. The van der Waals surface area contributed by atoms with Gasteiger partial charge in [0.2, 0.25) is 11.8 Å². The van der Waals surface area contributed by atoms with E-state index in [1.54, 1.807) is 13.0 Å². The second kappa shape index (κ2) is 10.0. The second-order valence-corrected chi connectivity index (χ2v) is 5.84. The molecule has 26 heavy (non-hydrogen) atoms. The standard InChI is InChI=1S/C21H24N2O3/c1-3-14-22-21(25)16(2)23-20(24)13-12-17-8-7-11-19(15-17)26-18-9-5-4-6-10-18/h4-13,15-16H,3,14H2,1-2H3,(H,22,25)(H,23,24)/b13-12+/t16-/m0/s1. The zero-order chi connectivity index (χ0) is 18.8. The fourth-order valence-electron chi connectivity index (χ4n) is 2.21. The third-order valence-electron chi connectivity index (χ3n) is 3.57. The number of carbonyl (C=O) groups is 2. The minimum Gasteiger partial charge on any atom is -0.457 e. The van der Waals surface area contributed by atoms with Crippen LogP contribution in [0.5, 0.6) is 11.5 Å². The molecule has 0 aliphatic rings. The van der Waals surface area contributed by atoms with Crippen LogP contribution in [0.2, 0.25) is 0 Å². The summed E-state index contributed by atoms with van der Waals surface area (Å²) < 4.78 is 5.77. The van der Waals surface area contributed by atoms with E-state index in [0.29, 0.717) is 12.3 Å². The number of nitrogens with one attached hydrogen (secondary N) is 2. The van der Waals surface area contributed by atoms with Crippen molar-refractivity contribution in [2.24, 2.45) is 0 Å². The highest BCUT2D eigenvalue weighted by atomic mass is 16.5. The largest absolute Gasteiger partial charge is 0.457 e. The van der Waals surface area contributed by atoms with Crippen molar-refractivity contribution in [2.45, 2.75) is 26.3 Å². The summed E-state index contributed by atoms with van der Waals surface area (Å²) in [5.74, 6) is 0.926. The van der Waals surface area contributed by atoms with Gasteiger partial charge in [-0.1, -0.05) is 37.3 Å². The van der Waals surface area contributed by atoms with Crippen LogP contribution in [0.3, 0.4) is 0 Å². The predicted octanol–water partition coefficient (Wildman–Crippen LogP) is 3.52. The van der Waals surface area contributed by atoms with E-state index in [4.69, 9.17) is 4.74 Å². The fraction of sp³-hybridized carbons (Fsp3) is 0.238. The van der Waals surface area contributed by atoms with Crippen LogP contribution in [-0.2, 0) is 9.59 Å². The van der Waals surface area contributed by atoms with Gasteiger partial charge in [-0.3, -0.25) is 9.59 Å². The molecule has 2 aromatic carbocycles. The number of rotatable bonds is 8. The van der Waals surface area contributed by atoms with Crippen LogP contribution >= 0.6 is 0 Å². The summed E-state index contributed by atoms with van der Waals surface area (Å²) in [6.07, 6.45) is 3.95. The van der Waals surface area contributed by atoms with E-state index in [9.17, 15) is 9.59 Å². The van der Waals surface area contributed by atoms with Gasteiger partial charge < -0.3 is 15.4 Å². The van der Waals surface area contributed by atoms with E-state index < -0.39 is 6.04 Å². The Hall–Kier alpha value is -3.08. The number of hydrogen-bond donors (Lipinski definition) is 2. The predicted molar refractivity (Wildman–Crippen MR) is 103 cm³/mol. The van der Waals surface area contributed by atoms with Gasteiger partial charge in [-0.2, -0.15) is 0 Å². The molecule has 1 atom stereocenters. The lowest BCUT2D eigenvalue weighted by molar-refractivity contribution is -0.126. The first kappa shape index (κ1) is 19.2. The molecule has 2 amide bonds. The lowest BCUT2D eigenvalue weighted by Gasteiger charge is -2.12. The highest BCUT2D eigenvalue weighted by molar-refractivity contribution is 5.95. The molecule has 0 unspecified atom stereocenters. The first-order valence-electron chi connectivity index (χ1n) is 8.67. The fourth-order valence-corrected chi connectivity index (χ4v) is 2.21. The Morgan fingerprint density at radius 1 is 1.08 bits per heavy atom. The van der Waals surface area contributed by atoms with E-state index in [2.05, 4.69) is 10.6 Å². The molecule has 0 aliphatic heterocycles. The van der Waals surface area contributed by atoms with Crippen molar-refractivity contribution in [1.29, 1.82) is 0 Å². The van der Waals surface area contributed by atoms with Crippen LogP contribution in [-0.4, -0.2) is 24.4 Å². The molecule has 0 fully saturated rings. The first-order chi connectivity index (χ1) is 12.6. The van der Waals surface area contributed by atoms with Crippen LogP contribution in [0.25, 0.3) is 6.08 Å². The highest BCUT2D eigenvalue weighted by Crippen LogP contribution is 2.22. The topological polar surface area (TPSA) is 67.4 Å². The highest BCUT2D eigenvalue weighted by Gasteiger charge is 2.13. The van der Waals surface area contributed by atoms with Gasteiger partial charge in [0.15, 0.2) is 0 Å². The minimum atomic E-state index is -0.577. The van der Waals surface area contributed by atoms with Crippen LogP contribution in [0.4, 0.5) is 0 Å². The van der Waals surface area contributed by atoms with Crippen LogP contribution in [0.1, 0.15) is 25.8 Å². The van der Waals surface area contributed by atoms with Crippen LogP contribution in [0, 0.1) is 0 Å². The van der Waals surface area contributed by atoms with Gasteiger partial charge in [-0.05, 0) is 49.2 Å². The molecule has 5 nitrogen and oxygen atoms in total. The normalized spacial score (nSPS) is 11.8. The van der Waals surface area contributed by atoms with Crippen molar-refractivity contribution in [2.75, 3.05) is 6.54 Å². The molecule has 5 heteroatoms. The van der Waals surface area contributed by atoms with Crippen molar-refractivity contribution in [1.82, 2.24) is 10.6 Å². The Morgan fingerprint density at radius 3 is 2.54 bits per heavy atom. The van der Waals surface area contributed by atoms with Crippen molar-refractivity contribution >= 4 is 17.9 Å². The molecule has 0 bridgehead atoms. The molecule has 136 valence electrons. The van der Waals surface area contributed by atoms with Gasteiger partial charge in [0.05, 0.1) is 0 Å². The molecule has 0 aliphatic carbocycles. The van der Waals surface area contributed by atoms with E-state index in [1.165, 1.54) is 6.08 Å². The Labute approximate surface area is 154 Å². The van der Waals surface area contributed by atoms with Gasteiger partial charge in [0.25, 0.3) is 0 Å². The molecule has 0 aromatic heterocycles. The third-order valence-corrected chi connectivity index (χ3v) is 3.57. The minimum absolute atomic E-state index is 0.188. The number of ether oxygens (including phenoxy) is 1. The molecule has 2 aromatic rings. The number of amides is 2. The average Bonchev–Trinajstić information content (AvgIpc) is 2.65. The van der Waals surface area contributed by atoms with Crippen molar-refractivity contribution < 1.29 is 14.3 Å². The summed E-state index contributed by atoms with van der Waals surface area (Å²) in [6.45, 7) is 4.23. The third kappa shape index (κ3) is 6.43. The lowest BCUT2D eigenvalue weighted by Crippen LogP contribution is -2.44. The lowest BCUT2D eigenvalue weighted by atomic mass is 10.2. The van der Waals surface area contributed by atoms with Gasteiger partial charge in [-0.25, -0.2) is 0 Å². The second-order valence-electron chi connectivity index (χ2n) is 5.84. The molecule has 0 saturated heterocycles. The molecule has 0 spiro atoms. The van der Waals surface area contributed by atoms with Gasteiger partial charge in [0, 0.05) is 12.6 Å². The van der Waals surface area contributed by atoms with E-state index in [-0.39, 0.29) is 11.8 Å². The van der Waals surface area contributed by atoms with Gasteiger partial charge in [0.1, 0.15) is 17.5 Å². The number of para-hydroxylation sites is 1. The number of hydrogen-bond acceptors (Lipinski definition) is 3. The molecule has 2 N–H and O–H groups in total. The summed E-state index contributed by atoms with van der Waals surface area (Å²) in [5.41, 5.74) is 0.830. The SMILES string of the molecule is CCCNC(=O)[C@H](C)NC(=O)/C=C/c1cccc(Oc2ccccc2)c1. The molecule has 0 saturated carbocycles. The summed E-state index contributed by atoms with van der Waals surface area (Å²) in [6, 6.07) is 16.3. The van der Waals surface area contributed by atoms with Crippen molar-refractivity contribution in [3.8, 4) is 11.5 Å². The Balaban J connectivity index is 1.92. The van der Waals surface area contributed by atoms with Crippen LogP contribution < -0.4 is 15.4 Å². The molecule has 0 radical (unpaired) electrons. The molecule has 0 heterocycles. The van der Waals surface area contributed by atoms with E-state index in [1.807, 2.05) is 61.5 Å². The van der Waals surface area contributed by atoms with Gasteiger partial charge >= 0.3 is 0 Å². The average molecular weight is 352 g/mol. The first-order valence-corrected chi connectivity index (χ1v) is 8.67.